The number of phenolic OH excluding ortho intramolecular Hbond substituents is 1. The summed E-state index contributed by atoms with van der Waals surface area (Å²) >= 11 is 0. The molecule has 180 valence electrons. The highest BCUT2D eigenvalue weighted by atomic mass is 16.5. The molecule has 1 aliphatic heterocycles. The number of ether oxygens (including phenoxy) is 1. The smallest absolute Gasteiger partial charge is 0.328 e. The number of carbonyl (C=O) groups is 3. The number of aliphatic hydroxyl groups is 1. The van der Waals surface area contributed by atoms with Gasteiger partial charge in [0.05, 0.1) is 18.2 Å². The van der Waals surface area contributed by atoms with E-state index in [-0.39, 0.29) is 24.3 Å². The Hall–Kier alpha value is -3.65. The third kappa shape index (κ3) is 4.41. The number of aliphatic hydroxyl groups excluding tert-OH is 1. The van der Waals surface area contributed by atoms with Crippen molar-refractivity contribution in [3.05, 3.63) is 72.3 Å². The predicted octanol–water partition coefficient (Wildman–Crippen LogP) is 2.45. The Morgan fingerprint density at radius 3 is 2.50 bits per heavy atom. The molecule has 0 saturated heterocycles. The number of allylic oxidation sites excluding steroid dienone is 1. The monoisotopic (exact) mass is 466 g/mol. The van der Waals surface area contributed by atoms with Gasteiger partial charge in [0.2, 0.25) is 11.8 Å². The summed E-state index contributed by atoms with van der Waals surface area (Å²) in [4.78, 5) is 39.0. The molecular weight excluding hydrogens is 436 g/mol. The summed E-state index contributed by atoms with van der Waals surface area (Å²) in [5.74, 6) is -2.08. The van der Waals surface area contributed by atoms with Gasteiger partial charge in [-0.1, -0.05) is 62.4 Å². The molecule has 0 fully saturated rings. The van der Waals surface area contributed by atoms with Gasteiger partial charge in [-0.25, -0.2) is 4.79 Å². The molecule has 0 aliphatic carbocycles. The first kappa shape index (κ1) is 25.0. The normalized spacial score (nSPS) is 18.9. The number of benzene rings is 2. The molecule has 1 heterocycles. The largest absolute Gasteiger partial charge is 0.506 e. The highest BCUT2D eigenvalue weighted by Crippen LogP contribution is 2.54. The van der Waals surface area contributed by atoms with Crippen molar-refractivity contribution in [1.82, 2.24) is 5.32 Å². The summed E-state index contributed by atoms with van der Waals surface area (Å²) in [6.07, 6.45) is 0.0736. The van der Waals surface area contributed by atoms with Gasteiger partial charge in [0.25, 0.3) is 0 Å². The molecule has 2 aromatic rings. The molecule has 1 aliphatic rings. The van der Waals surface area contributed by atoms with Gasteiger partial charge >= 0.3 is 5.97 Å². The third-order valence-corrected chi connectivity index (χ3v) is 6.63. The zero-order chi connectivity index (χ0) is 25.1. The molecule has 1 unspecified atom stereocenters. The number of carbonyl (C=O) groups excluding carboxylic acids is 3. The van der Waals surface area contributed by atoms with Gasteiger partial charge in [-0.2, -0.15) is 0 Å². The van der Waals surface area contributed by atoms with Crippen LogP contribution in [0.25, 0.3) is 0 Å². The number of para-hydroxylation sites is 1. The number of hydrogen-bond donors (Lipinski definition) is 4. The van der Waals surface area contributed by atoms with Gasteiger partial charge in [-0.05, 0) is 23.6 Å². The van der Waals surface area contributed by atoms with E-state index < -0.39 is 40.8 Å². The van der Waals surface area contributed by atoms with E-state index in [1.807, 2.05) is 6.07 Å². The zero-order valence-electron chi connectivity index (χ0n) is 19.5. The molecule has 8 heteroatoms. The second-order valence-corrected chi connectivity index (χ2v) is 8.98. The molecule has 8 nitrogen and oxygen atoms in total. The van der Waals surface area contributed by atoms with Gasteiger partial charge in [-0.3, -0.25) is 9.59 Å². The molecule has 34 heavy (non-hydrogen) atoms. The van der Waals surface area contributed by atoms with Crippen LogP contribution in [0.3, 0.4) is 0 Å². The number of esters is 1. The van der Waals surface area contributed by atoms with Crippen LogP contribution in [0.5, 0.6) is 5.75 Å². The molecule has 0 aromatic heterocycles. The Morgan fingerprint density at radius 2 is 1.88 bits per heavy atom. The van der Waals surface area contributed by atoms with Gasteiger partial charge in [0.15, 0.2) is 0 Å². The van der Waals surface area contributed by atoms with Crippen molar-refractivity contribution in [1.29, 1.82) is 0 Å². The lowest BCUT2D eigenvalue weighted by Crippen LogP contribution is -2.55. The lowest BCUT2D eigenvalue weighted by molar-refractivity contribution is -0.147. The van der Waals surface area contributed by atoms with Gasteiger partial charge < -0.3 is 25.6 Å². The Bertz CT molecular complexity index is 1100. The van der Waals surface area contributed by atoms with Crippen LogP contribution in [-0.2, 0) is 31.0 Å². The number of fused-ring (bicyclic) bond motifs is 1. The van der Waals surface area contributed by atoms with Crippen LogP contribution in [0.1, 0.15) is 31.4 Å². The molecule has 0 bridgehead atoms. The number of phenols is 1. The number of aromatic hydroxyl groups is 1. The molecule has 2 aromatic carbocycles. The van der Waals surface area contributed by atoms with Crippen molar-refractivity contribution in [2.45, 2.75) is 44.2 Å². The van der Waals surface area contributed by atoms with Crippen molar-refractivity contribution in [2.24, 2.45) is 5.41 Å². The predicted molar refractivity (Wildman–Crippen MR) is 127 cm³/mol. The Balaban J connectivity index is 1.97. The quantitative estimate of drug-likeness (QED) is 0.256. The maximum absolute atomic E-state index is 13.4. The minimum atomic E-state index is -1.41. The van der Waals surface area contributed by atoms with Crippen LogP contribution < -0.4 is 10.6 Å². The maximum atomic E-state index is 13.4. The molecule has 0 spiro atoms. The van der Waals surface area contributed by atoms with Gasteiger partial charge in [0, 0.05) is 11.8 Å². The SMILES string of the molecule is C=CC(C)(C)[C@@]1(CC(NC(=O)[C@@H](O)Cc2ccccc2)C(=O)OC)C(=O)Nc2c(O)cccc21. The second kappa shape index (κ2) is 9.69. The first-order chi connectivity index (χ1) is 16.1. The summed E-state index contributed by atoms with van der Waals surface area (Å²) in [6, 6.07) is 12.5. The molecular formula is C26H30N2O6. The fourth-order valence-electron chi connectivity index (χ4n) is 4.49. The third-order valence-electron chi connectivity index (χ3n) is 6.63. The first-order valence-corrected chi connectivity index (χ1v) is 10.9. The van der Waals surface area contributed by atoms with Crippen LogP contribution in [0, 0.1) is 5.41 Å². The summed E-state index contributed by atoms with van der Waals surface area (Å²) in [6.45, 7) is 7.46. The van der Waals surface area contributed by atoms with Crippen LogP contribution in [0.2, 0.25) is 0 Å². The van der Waals surface area contributed by atoms with E-state index in [1.54, 1.807) is 56.3 Å². The second-order valence-electron chi connectivity index (χ2n) is 8.98. The van der Waals surface area contributed by atoms with Crippen molar-refractivity contribution >= 4 is 23.5 Å². The minimum Gasteiger partial charge on any atom is -0.506 e. The summed E-state index contributed by atoms with van der Waals surface area (Å²) in [5, 5.41) is 26.1. The summed E-state index contributed by atoms with van der Waals surface area (Å²) in [5.41, 5.74) is -0.768. The van der Waals surface area contributed by atoms with Crippen LogP contribution in [0.15, 0.2) is 61.2 Å². The standard InChI is InChI=1S/C26H30N2O6/c1-5-25(2,3)26(17-12-9-13-19(29)21(17)28-24(26)33)15-18(23(32)34-4)27-22(31)20(30)14-16-10-7-6-8-11-16/h5-13,18,20,29-30H,1,14-15H2,2-4H3,(H,27,31)(H,28,33)/t18?,20-,26+/m0/s1. The number of nitrogens with one attached hydrogen (secondary N) is 2. The Morgan fingerprint density at radius 1 is 1.21 bits per heavy atom. The van der Waals surface area contributed by atoms with E-state index in [0.29, 0.717) is 5.56 Å². The lowest BCUT2D eigenvalue weighted by Gasteiger charge is -2.42. The number of hydrogen-bond acceptors (Lipinski definition) is 6. The van der Waals surface area contributed by atoms with E-state index in [0.717, 1.165) is 5.56 Å². The van der Waals surface area contributed by atoms with Crippen LogP contribution >= 0.6 is 0 Å². The topological polar surface area (TPSA) is 125 Å². The van der Waals surface area contributed by atoms with E-state index in [2.05, 4.69) is 17.2 Å². The average molecular weight is 467 g/mol. The van der Waals surface area contributed by atoms with Gasteiger partial charge in [0.1, 0.15) is 17.9 Å². The van der Waals surface area contributed by atoms with Crippen molar-refractivity contribution in [3.63, 3.8) is 0 Å². The van der Waals surface area contributed by atoms with Gasteiger partial charge in [-0.15, -0.1) is 6.58 Å². The van der Waals surface area contributed by atoms with E-state index in [4.69, 9.17) is 4.74 Å². The molecule has 3 rings (SSSR count). The molecule has 0 radical (unpaired) electrons. The number of anilines is 1. The Kier molecular flexibility index (Phi) is 7.12. The summed E-state index contributed by atoms with van der Waals surface area (Å²) < 4.78 is 4.92. The molecule has 2 amide bonds. The minimum absolute atomic E-state index is 0.0566. The number of methoxy groups -OCH3 is 1. The molecule has 0 saturated carbocycles. The van der Waals surface area contributed by atoms with E-state index in [1.165, 1.54) is 13.2 Å². The van der Waals surface area contributed by atoms with Crippen LogP contribution in [-0.4, -0.2) is 47.3 Å². The fourth-order valence-corrected chi connectivity index (χ4v) is 4.49. The molecule has 3 atom stereocenters. The highest BCUT2D eigenvalue weighted by Gasteiger charge is 2.57. The van der Waals surface area contributed by atoms with E-state index in [9.17, 15) is 24.6 Å². The van der Waals surface area contributed by atoms with Crippen molar-refractivity contribution in [3.8, 4) is 5.75 Å². The first-order valence-electron chi connectivity index (χ1n) is 10.9. The number of rotatable bonds is 9. The lowest BCUT2D eigenvalue weighted by atomic mass is 9.59. The van der Waals surface area contributed by atoms with Crippen molar-refractivity contribution < 1.29 is 29.3 Å². The highest BCUT2D eigenvalue weighted by molar-refractivity contribution is 6.09. The zero-order valence-corrected chi connectivity index (χ0v) is 19.5. The fraction of sp³-hybridized carbons (Fsp3) is 0.346. The average Bonchev–Trinajstić information content (AvgIpc) is 3.12. The maximum Gasteiger partial charge on any atom is 0.328 e. The number of amides is 2. The Labute approximate surface area is 198 Å². The summed E-state index contributed by atoms with van der Waals surface area (Å²) in [7, 11) is 1.18. The molecule has 4 N–H and O–H groups in total. The van der Waals surface area contributed by atoms with Crippen LogP contribution in [0.4, 0.5) is 5.69 Å². The van der Waals surface area contributed by atoms with E-state index >= 15 is 0 Å². The van der Waals surface area contributed by atoms with Crippen molar-refractivity contribution in [2.75, 3.05) is 12.4 Å².